The number of benzene rings is 1. The molecule has 0 saturated carbocycles. The predicted molar refractivity (Wildman–Crippen MR) is 72.3 cm³/mol. The SMILES string of the molecule is CCNC(CC)Cc1ccc([N+](=O)[O-])cc1Br. The number of nitrogens with zero attached hydrogens (tertiary/aromatic N) is 1. The minimum Gasteiger partial charge on any atom is -0.314 e. The van der Waals surface area contributed by atoms with Crippen LogP contribution in [-0.2, 0) is 6.42 Å². The molecule has 1 aromatic rings. The zero-order valence-electron chi connectivity index (χ0n) is 10.1. The van der Waals surface area contributed by atoms with Gasteiger partial charge in [-0.3, -0.25) is 10.1 Å². The smallest absolute Gasteiger partial charge is 0.270 e. The van der Waals surface area contributed by atoms with Crippen molar-refractivity contribution in [2.75, 3.05) is 6.54 Å². The number of nitro groups is 1. The largest absolute Gasteiger partial charge is 0.314 e. The molecule has 0 heterocycles. The topological polar surface area (TPSA) is 55.2 Å². The molecule has 0 aliphatic rings. The lowest BCUT2D eigenvalue weighted by atomic mass is 10.0. The third-order valence-corrected chi connectivity index (χ3v) is 3.44. The zero-order chi connectivity index (χ0) is 12.8. The third kappa shape index (κ3) is 4.09. The van der Waals surface area contributed by atoms with Crippen LogP contribution in [0.5, 0.6) is 0 Å². The highest BCUT2D eigenvalue weighted by atomic mass is 79.9. The average Bonchev–Trinajstić information content (AvgIpc) is 2.30. The quantitative estimate of drug-likeness (QED) is 0.648. The Morgan fingerprint density at radius 2 is 2.18 bits per heavy atom. The maximum Gasteiger partial charge on any atom is 0.270 e. The van der Waals surface area contributed by atoms with Gasteiger partial charge in [0, 0.05) is 22.6 Å². The van der Waals surface area contributed by atoms with Crippen molar-refractivity contribution in [3.8, 4) is 0 Å². The van der Waals surface area contributed by atoms with E-state index in [1.54, 1.807) is 12.1 Å². The van der Waals surface area contributed by atoms with Crippen LogP contribution in [0.3, 0.4) is 0 Å². The van der Waals surface area contributed by atoms with Gasteiger partial charge in [-0.2, -0.15) is 0 Å². The van der Waals surface area contributed by atoms with Gasteiger partial charge in [-0.1, -0.05) is 35.8 Å². The Labute approximate surface area is 110 Å². The molecule has 0 radical (unpaired) electrons. The summed E-state index contributed by atoms with van der Waals surface area (Å²) in [6.45, 7) is 5.14. The van der Waals surface area contributed by atoms with E-state index in [0.29, 0.717) is 6.04 Å². The summed E-state index contributed by atoms with van der Waals surface area (Å²) in [5.74, 6) is 0. The molecule has 1 atom stereocenters. The van der Waals surface area contributed by atoms with Crippen molar-refractivity contribution in [1.82, 2.24) is 5.32 Å². The van der Waals surface area contributed by atoms with Crippen LogP contribution in [0.15, 0.2) is 22.7 Å². The van der Waals surface area contributed by atoms with Crippen molar-refractivity contribution in [3.05, 3.63) is 38.3 Å². The summed E-state index contributed by atoms with van der Waals surface area (Å²) in [7, 11) is 0. The second-order valence-electron chi connectivity index (χ2n) is 3.90. The number of nitro benzene ring substituents is 1. The molecule has 0 aliphatic heterocycles. The van der Waals surface area contributed by atoms with Crippen molar-refractivity contribution < 1.29 is 4.92 Å². The van der Waals surface area contributed by atoms with Crippen molar-refractivity contribution in [3.63, 3.8) is 0 Å². The Kier molecular flexibility index (Phi) is 5.58. The zero-order valence-corrected chi connectivity index (χ0v) is 11.7. The van der Waals surface area contributed by atoms with Crippen LogP contribution >= 0.6 is 15.9 Å². The van der Waals surface area contributed by atoms with E-state index in [2.05, 4.69) is 35.1 Å². The van der Waals surface area contributed by atoms with E-state index in [0.717, 1.165) is 29.4 Å². The normalized spacial score (nSPS) is 12.4. The molecule has 0 saturated heterocycles. The predicted octanol–water partition coefficient (Wildman–Crippen LogP) is 3.29. The highest BCUT2D eigenvalue weighted by Crippen LogP contribution is 2.24. The van der Waals surface area contributed by atoms with Crippen LogP contribution in [0.4, 0.5) is 5.69 Å². The molecule has 0 bridgehead atoms. The van der Waals surface area contributed by atoms with Crippen LogP contribution in [0, 0.1) is 10.1 Å². The number of hydrogen-bond acceptors (Lipinski definition) is 3. The summed E-state index contributed by atoms with van der Waals surface area (Å²) >= 11 is 3.39. The minimum absolute atomic E-state index is 0.122. The molecule has 5 heteroatoms. The van der Waals surface area contributed by atoms with E-state index < -0.39 is 0 Å². The lowest BCUT2D eigenvalue weighted by molar-refractivity contribution is -0.384. The maximum absolute atomic E-state index is 10.6. The van der Waals surface area contributed by atoms with E-state index in [1.165, 1.54) is 0 Å². The summed E-state index contributed by atoms with van der Waals surface area (Å²) in [5, 5.41) is 14.0. The molecule has 1 aromatic carbocycles. The molecule has 0 aromatic heterocycles. The molecule has 0 amide bonds. The number of halogens is 1. The van der Waals surface area contributed by atoms with Gasteiger partial charge < -0.3 is 5.32 Å². The highest BCUT2D eigenvalue weighted by Gasteiger charge is 2.12. The van der Waals surface area contributed by atoms with Crippen LogP contribution in [0.1, 0.15) is 25.8 Å². The fourth-order valence-corrected chi connectivity index (χ4v) is 2.26. The van der Waals surface area contributed by atoms with E-state index in [-0.39, 0.29) is 10.6 Å². The highest BCUT2D eigenvalue weighted by molar-refractivity contribution is 9.10. The third-order valence-electron chi connectivity index (χ3n) is 2.70. The van der Waals surface area contributed by atoms with Gasteiger partial charge in [0.25, 0.3) is 5.69 Å². The molecule has 0 aliphatic carbocycles. The van der Waals surface area contributed by atoms with E-state index in [1.807, 2.05) is 6.07 Å². The lowest BCUT2D eigenvalue weighted by Gasteiger charge is -2.16. The molecule has 17 heavy (non-hydrogen) atoms. The number of non-ortho nitro benzene ring substituents is 1. The van der Waals surface area contributed by atoms with Gasteiger partial charge in [0.1, 0.15) is 0 Å². The molecule has 0 spiro atoms. The van der Waals surface area contributed by atoms with Crippen molar-refractivity contribution >= 4 is 21.6 Å². The molecule has 1 unspecified atom stereocenters. The maximum atomic E-state index is 10.6. The number of nitrogens with one attached hydrogen (secondary N) is 1. The first-order valence-corrected chi connectivity index (χ1v) is 6.54. The fourth-order valence-electron chi connectivity index (χ4n) is 1.73. The molecule has 4 nitrogen and oxygen atoms in total. The lowest BCUT2D eigenvalue weighted by Crippen LogP contribution is -2.30. The minimum atomic E-state index is -0.379. The second kappa shape index (κ2) is 6.71. The Hall–Kier alpha value is -0.940. The molecule has 0 fully saturated rings. The summed E-state index contributed by atoms with van der Waals surface area (Å²) in [5.41, 5.74) is 1.22. The van der Waals surface area contributed by atoms with E-state index in [4.69, 9.17) is 0 Å². The Balaban J connectivity index is 2.81. The number of rotatable bonds is 6. The first-order valence-electron chi connectivity index (χ1n) is 5.74. The Bertz CT molecular complexity index is 396. The monoisotopic (exact) mass is 300 g/mol. The van der Waals surface area contributed by atoms with Crippen molar-refractivity contribution in [1.29, 1.82) is 0 Å². The molecule has 1 rings (SSSR count). The van der Waals surface area contributed by atoms with Crippen LogP contribution < -0.4 is 5.32 Å². The first kappa shape index (κ1) is 14.1. The van der Waals surface area contributed by atoms with Gasteiger partial charge in [-0.15, -0.1) is 0 Å². The van der Waals surface area contributed by atoms with Gasteiger partial charge in [0.15, 0.2) is 0 Å². The van der Waals surface area contributed by atoms with E-state index >= 15 is 0 Å². The average molecular weight is 301 g/mol. The van der Waals surface area contributed by atoms with Gasteiger partial charge in [0.2, 0.25) is 0 Å². The second-order valence-corrected chi connectivity index (χ2v) is 4.75. The number of likely N-dealkylation sites (N-methyl/N-ethyl adjacent to an activating group) is 1. The molecular formula is C12H17BrN2O2. The molecule has 94 valence electrons. The molecular weight excluding hydrogens is 284 g/mol. The Morgan fingerprint density at radius 3 is 2.65 bits per heavy atom. The van der Waals surface area contributed by atoms with Crippen LogP contribution in [0.25, 0.3) is 0 Å². The first-order chi connectivity index (χ1) is 8.08. The fraction of sp³-hybridized carbons (Fsp3) is 0.500. The van der Waals surface area contributed by atoms with Crippen molar-refractivity contribution in [2.24, 2.45) is 0 Å². The summed E-state index contributed by atoms with van der Waals surface area (Å²) in [4.78, 5) is 10.2. The van der Waals surface area contributed by atoms with Crippen LogP contribution in [0.2, 0.25) is 0 Å². The van der Waals surface area contributed by atoms with Crippen LogP contribution in [-0.4, -0.2) is 17.5 Å². The van der Waals surface area contributed by atoms with Gasteiger partial charge in [-0.25, -0.2) is 0 Å². The van der Waals surface area contributed by atoms with Gasteiger partial charge in [0.05, 0.1) is 4.92 Å². The van der Waals surface area contributed by atoms with Crippen molar-refractivity contribution in [2.45, 2.75) is 32.7 Å². The Morgan fingerprint density at radius 1 is 1.47 bits per heavy atom. The van der Waals surface area contributed by atoms with E-state index in [9.17, 15) is 10.1 Å². The molecule has 1 N–H and O–H groups in total. The van der Waals surface area contributed by atoms with Gasteiger partial charge >= 0.3 is 0 Å². The van der Waals surface area contributed by atoms with Gasteiger partial charge in [-0.05, 0) is 24.9 Å². The summed E-state index contributed by atoms with van der Waals surface area (Å²) in [6, 6.07) is 5.35. The number of hydrogen-bond donors (Lipinski definition) is 1. The summed E-state index contributed by atoms with van der Waals surface area (Å²) in [6.07, 6.45) is 1.92. The standard InChI is InChI=1S/C12H17BrN2O2/c1-3-10(14-4-2)7-9-5-6-11(15(16)17)8-12(9)13/h5-6,8,10,14H,3-4,7H2,1-2H3. The summed E-state index contributed by atoms with van der Waals surface area (Å²) < 4.78 is 0.808.